The summed E-state index contributed by atoms with van der Waals surface area (Å²) in [5.41, 5.74) is 3.08. The molecule has 16 heavy (non-hydrogen) atoms. The van der Waals surface area contributed by atoms with Gasteiger partial charge in [0.2, 0.25) is 0 Å². The second-order valence-corrected chi connectivity index (χ2v) is 4.45. The minimum absolute atomic E-state index is 0.457. The van der Waals surface area contributed by atoms with Crippen molar-refractivity contribution >= 4 is 0 Å². The molecular weight excluding hydrogens is 200 g/mol. The summed E-state index contributed by atoms with van der Waals surface area (Å²) in [7, 11) is 0. The quantitative estimate of drug-likeness (QED) is 0.795. The van der Waals surface area contributed by atoms with Gasteiger partial charge in [-0.15, -0.1) is 0 Å². The van der Waals surface area contributed by atoms with Gasteiger partial charge in [-0.05, 0) is 51.2 Å². The van der Waals surface area contributed by atoms with Crippen LogP contribution in [0.4, 0.5) is 0 Å². The maximum Gasteiger partial charge on any atom is 0.117 e. The van der Waals surface area contributed by atoms with Crippen molar-refractivity contribution in [2.24, 2.45) is 0 Å². The van der Waals surface area contributed by atoms with E-state index in [1.54, 1.807) is 0 Å². The maximum absolute atomic E-state index is 10.3. The van der Waals surface area contributed by atoms with E-state index in [1.807, 2.05) is 17.7 Å². The lowest BCUT2D eigenvalue weighted by atomic mass is 9.94. The summed E-state index contributed by atoms with van der Waals surface area (Å²) in [5.74, 6) is 0. The van der Waals surface area contributed by atoms with Gasteiger partial charge < -0.3 is 5.11 Å². The Kier molecular flexibility index (Phi) is 3.44. The van der Waals surface area contributed by atoms with Crippen molar-refractivity contribution in [1.29, 1.82) is 0 Å². The van der Waals surface area contributed by atoms with Crippen LogP contribution in [0, 0.1) is 6.92 Å². The van der Waals surface area contributed by atoms with Crippen molar-refractivity contribution in [2.75, 3.05) is 0 Å². The highest BCUT2D eigenvalue weighted by Crippen LogP contribution is 2.29. The van der Waals surface area contributed by atoms with E-state index in [2.05, 4.69) is 18.1 Å². The molecule has 1 aromatic heterocycles. The summed E-state index contributed by atoms with van der Waals surface area (Å²) in [4.78, 5) is 0. The van der Waals surface area contributed by atoms with Gasteiger partial charge in [0.25, 0.3) is 0 Å². The molecule has 1 N–H and O–H groups in total. The molecular formula is C13H20N2O. The summed E-state index contributed by atoms with van der Waals surface area (Å²) in [6, 6.07) is 1.99. The summed E-state index contributed by atoms with van der Waals surface area (Å²) >= 11 is 0. The summed E-state index contributed by atoms with van der Waals surface area (Å²) < 4.78 is 1.90. The molecule has 2 rings (SSSR count). The number of aliphatic hydroxyl groups excluding tert-OH is 1. The zero-order valence-electron chi connectivity index (χ0n) is 10.1. The number of hydrogen-bond acceptors (Lipinski definition) is 2. The Morgan fingerprint density at radius 1 is 1.50 bits per heavy atom. The van der Waals surface area contributed by atoms with Gasteiger partial charge in [0.1, 0.15) is 6.10 Å². The molecule has 0 aliphatic heterocycles. The molecule has 1 aliphatic carbocycles. The van der Waals surface area contributed by atoms with Crippen LogP contribution in [0.3, 0.4) is 0 Å². The Morgan fingerprint density at radius 2 is 2.31 bits per heavy atom. The van der Waals surface area contributed by atoms with Crippen LogP contribution in [0.15, 0.2) is 17.7 Å². The molecule has 88 valence electrons. The molecule has 0 fully saturated rings. The molecule has 3 heteroatoms. The molecule has 1 heterocycles. The number of hydrogen-bond donors (Lipinski definition) is 1. The number of aliphatic hydroxyl groups is 1. The van der Waals surface area contributed by atoms with Crippen LogP contribution in [0.1, 0.15) is 50.1 Å². The highest BCUT2D eigenvalue weighted by Gasteiger charge is 2.19. The van der Waals surface area contributed by atoms with Crippen LogP contribution in [-0.2, 0) is 6.54 Å². The third-order valence-electron chi connectivity index (χ3n) is 3.19. The second kappa shape index (κ2) is 4.83. The number of aryl methyl sites for hydroxylation is 2. The first kappa shape index (κ1) is 11.4. The normalized spacial score (nSPS) is 18.3. The molecule has 0 bridgehead atoms. The van der Waals surface area contributed by atoms with Crippen molar-refractivity contribution < 1.29 is 5.11 Å². The predicted molar refractivity (Wildman–Crippen MR) is 64.1 cm³/mol. The molecule has 0 aromatic carbocycles. The molecule has 1 aliphatic rings. The minimum atomic E-state index is -0.457. The smallest absolute Gasteiger partial charge is 0.117 e. The van der Waals surface area contributed by atoms with Gasteiger partial charge in [0.15, 0.2) is 0 Å². The van der Waals surface area contributed by atoms with E-state index in [4.69, 9.17) is 0 Å². The summed E-state index contributed by atoms with van der Waals surface area (Å²) in [6.07, 6.45) is 6.31. The average molecular weight is 220 g/mol. The van der Waals surface area contributed by atoms with Crippen molar-refractivity contribution in [3.63, 3.8) is 0 Å². The lowest BCUT2D eigenvalue weighted by Gasteiger charge is -2.19. The molecule has 0 spiro atoms. The van der Waals surface area contributed by atoms with Crippen molar-refractivity contribution in [3.05, 3.63) is 29.1 Å². The van der Waals surface area contributed by atoms with E-state index < -0.39 is 6.10 Å². The number of aromatic nitrogens is 2. The summed E-state index contributed by atoms with van der Waals surface area (Å²) in [5, 5.41) is 14.7. The molecule has 3 nitrogen and oxygen atoms in total. The van der Waals surface area contributed by atoms with E-state index in [-0.39, 0.29) is 0 Å². The lowest BCUT2D eigenvalue weighted by Crippen LogP contribution is -2.11. The van der Waals surface area contributed by atoms with Crippen molar-refractivity contribution in [3.8, 4) is 0 Å². The third-order valence-corrected chi connectivity index (χ3v) is 3.19. The minimum Gasteiger partial charge on any atom is -0.382 e. The van der Waals surface area contributed by atoms with Crippen LogP contribution < -0.4 is 0 Å². The van der Waals surface area contributed by atoms with E-state index in [1.165, 1.54) is 18.4 Å². The van der Waals surface area contributed by atoms with Gasteiger partial charge >= 0.3 is 0 Å². The first-order valence-electron chi connectivity index (χ1n) is 6.13. The SMILES string of the molecule is CCn1nc(C)cc1C(O)C1=CCCCC1. The third kappa shape index (κ3) is 2.19. The first-order chi connectivity index (χ1) is 7.72. The number of allylic oxidation sites excluding steroid dienone is 1. The highest BCUT2D eigenvalue weighted by molar-refractivity contribution is 5.23. The fourth-order valence-electron chi connectivity index (χ4n) is 2.34. The van der Waals surface area contributed by atoms with Crippen LogP contribution in [0.5, 0.6) is 0 Å². The summed E-state index contributed by atoms with van der Waals surface area (Å²) in [6.45, 7) is 4.84. The lowest BCUT2D eigenvalue weighted by molar-refractivity contribution is 0.196. The van der Waals surface area contributed by atoms with E-state index in [0.717, 1.165) is 30.8 Å². The first-order valence-corrected chi connectivity index (χ1v) is 6.13. The van der Waals surface area contributed by atoms with Crippen molar-refractivity contribution in [2.45, 2.75) is 52.2 Å². The maximum atomic E-state index is 10.3. The van der Waals surface area contributed by atoms with E-state index in [0.29, 0.717) is 0 Å². The zero-order valence-corrected chi connectivity index (χ0v) is 10.1. The number of rotatable bonds is 3. The van der Waals surface area contributed by atoms with Gasteiger partial charge in [-0.25, -0.2) is 0 Å². The molecule has 0 radical (unpaired) electrons. The Hall–Kier alpha value is -1.09. The van der Waals surface area contributed by atoms with E-state index in [9.17, 15) is 5.11 Å². The van der Waals surface area contributed by atoms with E-state index >= 15 is 0 Å². The Bertz CT molecular complexity index is 393. The Balaban J connectivity index is 2.25. The Labute approximate surface area is 96.8 Å². The van der Waals surface area contributed by atoms with Crippen LogP contribution in [0.2, 0.25) is 0 Å². The van der Waals surface area contributed by atoms with Gasteiger partial charge in [0.05, 0.1) is 11.4 Å². The zero-order chi connectivity index (χ0) is 11.5. The fourth-order valence-corrected chi connectivity index (χ4v) is 2.34. The van der Waals surface area contributed by atoms with Gasteiger partial charge in [-0.2, -0.15) is 5.10 Å². The van der Waals surface area contributed by atoms with Crippen LogP contribution >= 0.6 is 0 Å². The molecule has 0 saturated carbocycles. The predicted octanol–water partition coefficient (Wildman–Crippen LogP) is 2.75. The molecule has 1 atom stereocenters. The Morgan fingerprint density at radius 3 is 2.94 bits per heavy atom. The highest BCUT2D eigenvalue weighted by atomic mass is 16.3. The molecule has 0 amide bonds. The fraction of sp³-hybridized carbons (Fsp3) is 0.615. The molecule has 0 saturated heterocycles. The van der Waals surface area contributed by atoms with Gasteiger partial charge in [0, 0.05) is 6.54 Å². The topological polar surface area (TPSA) is 38.0 Å². The largest absolute Gasteiger partial charge is 0.382 e. The molecule has 1 unspecified atom stereocenters. The van der Waals surface area contributed by atoms with Gasteiger partial charge in [-0.1, -0.05) is 6.08 Å². The second-order valence-electron chi connectivity index (χ2n) is 4.45. The van der Waals surface area contributed by atoms with Crippen LogP contribution in [-0.4, -0.2) is 14.9 Å². The number of nitrogens with zero attached hydrogens (tertiary/aromatic N) is 2. The molecule has 1 aromatic rings. The monoisotopic (exact) mass is 220 g/mol. The average Bonchev–Trinajstić information content (AvgIpc) is 2.70. The van der Waals surface area contributed by atoms with Crippen molar-refractivity contribution in [1.82, 2.24) is 9.78 Å². The van der Waals surface area contributed by atoms with Gasteiger partial charge in [-0.3, -0.25) is 4.68 Å². The standard InChI is InChI=1S/C13H20N2O/c1-3-15-12(9-10(2)14-15)13(16)11-7-5-4-6-8-11/h7,9,13,16H,3-6,8H2,1-2H3. The van der Waals surface area contributed by atoms with Crippen LogP contribution in [0.25, 0.3) is 0 Å².